The molecule has 1 fully saturated rings. The smallest absolute Gasteiger partial charge is 0.141 e. The molecule has 27 heavy (non-hydrogen) atoms. The first kappa shape index (κ1) is 22.3. The molecule has 0 spiro atoms. The van der Waals surface area contributed by atoms with Crippen molar-refractivity contribution in [3.8, 4) is 0 Å². The third-order valence-corrected chi connectivity index (χ3v) is 5.61. The molecule has 1 aromatic carbocycles. The van der Waals surface area contributed by atoms with Gasteiger partial charge in [-0.05, 0) is 62.5 Å². The highest BCUT2D eigenvalue weighted by Gasteiger charge is 2.26. The number of likely N-dealkylation sites (tertiary alicyclic amines) is 1. The number of likely N-dealkylation sites (N-methyl/N-ethyl adjacent to an activating group) is 1. The quantitative estimate of drug-likeness (QED) is 0.434. The highest BCUT2D eigenvalue weighted by molar-refractivity contribution is 6.30. The third kappa shape index (κ3) is 7.51. The van der Waals surface area contributed by atoms with Gasteiger partial charge in [0.15, 0.2) is 0 Å². The Balaban J connectivity index is 1.66. The van der Waals surface area contributed by atoms with Gasteiger partial charge in [0.25, 0.3) is 0 Å². The number of aliphatic hydroxyl groups is 1. The monoisotopic (exact) mass is 396 g/mol. The van der Waals surface area contributed by atoms with Gasteiger partial charge in [0, 0.05) is 31.3 Å². The van der Waals surface area contributed by atoms with Crippen molar-refractivity contribution in [3.05, 3.63) is 34.9 Å². The summed E-state index contributed by atoms with van der Waals surface area (Å²) in [5.74, 6) is 0.568. The number of ether oxygens (including phenoxy) is 1. The van der Waals surface area contributed by atoms with E-state index in [1.165, 1.54) is 0 Å². The van der Waals surface area contributed by atoms with E-state index in [9.17, 15) is 4.79 Å². The van der Waals surface area contributed by atoms with E-state index in [0.717, 1.165) is 77.0 Å². The zero-order valence-corrected chi connectivity index (χ0v) is 17.1. The van der Waals surface area contributed by atoms with Gasteiger partial charge in [-0.2, -0.15) is 0 Å². The molecular formula is C21H33ClN2O3. The van der Waals surface area contributed by atoms with E-state index in [2.05, 4.69) is 16.7 Å². The average molecular weight is 397 g/mol. The van der Waals surface area contributed by atoms with Crippen LogP contribution in [0.1, 0.15) is 37.8 Å². The predicted octanol–water partition coefficient (Wildman–Crippen LogP) is 3.01. The van der Waals surface area contributed by atoms with Crippen molar-refractivity contribution in [1.82, 2.24) is 9.80 Å². The molecule has 5 nitrogen and oxygen atoms in total. The van der Waals surface area contributed by atoms with Gasteiger partial charge in [-0.25, -0.2) is 0 Å². The molecule has 1 aliphatic rings. The number of halogens is 1. The first-order chi connectivity index (χ1) is 13.2. The van der Waals surface area contributed by atoms with Crippen LogP contribution in [0.25, 0.3) is 0 Å². The van der Waals surface area contributed by atoms with E-state index in [0.29, 0.717) is 10.9 Å². The van der Waals surface area contributed by atoms with Crippen LogP contribution in [0.4, 0.5) is 0 Å². The van der Waals surface area contributed by atoms with Gasteiger partial charge >= 0.3 is 0 Å². The molecule has 1 unspecified atom stereocenters. The fraction of sp³-hybridized carbons (Fsp3) is 0.667. The van der Waals surface area contributed by atoms with Crippen LogP contribution in [0.5, 0.6) is 0 Å². The van der Waals surface area contributed by atoms with Gasteiger partial charge in [0.2, 0.25) is 0 Å². The summed E-state index contributed by atoms with van der Waals surface area (Å²) < 4.78 is 5.87. The minimum absolute atomic E-state index is 0.185. The minimum atomic E-state index is -0.185. The zero-order chi connectivity index (χ0) is 19.5. The highest BCUT2D eigenvalue weighted by Crippen LogP contribution is 2.26. The van der Waals surface area contributed by atoms with Crippen molar-refractivity contribution < 1.29 is 14.6 Å². The fourth-order valence-electron chi connectivity index (χ4n) is 3.64. The summed E-state index contributed by atoms with van der Waals surface area (Å²) in [5.41, 5.74) is 1.01. The summed E-state index contributed by atoms with van der Waals surface area (Å²) in [7, 11) is 0. The largest absolute Gasteiger partial charge is 0.395 e. The second-order valence-corrected chi connectivity index (χ2v) is 7.63. The van der Waals surface area contributed by atoms with E-state index in [1.807, 2.05) is 24.3 Å². The molecule has 1 saturated heterocycles. The van der Waals surface area contributed by atoms with Crippen molar-refractivity contribution in [2.75, 3.05) is 52.5 Å². The normalized spacial score (nSPS) is 17.3. The van der Waals surface area contributed by atoms with Crippen LogP contribution >= 0.6 is 11.6 Å². The van der Waals surface area contributed by atoms with Crippen LogP contribution < -0.4 is 0 Å². The number of nitrogens with zero attached hydrogens (tertiary/aromatic N) is 2. The van der Waals surface area contributed by atoms with Gasteiger partial charge in [0.1, 0.15) is 6.29 Å². The van der Waals surface area contributed by atoms with Gasteiger partial charge in [-0.1, -0.05) is 30.7 Å². The average Bonchev–Trinajstić information content (AvgIpc) is 2.70. The Morgan fingerprint density at radius 1 is 1.30 bits per heavy atom. The Morgan fingerprint density at radius 3 is 2.59 bits per heavy atom. The summed E-state index contributed by atoms with van der Waals surface area (Å²) >= 11 is 5.95. The summed E-state index contributed by atoms with van der Waals surface area (Å²) in [6.45, 7) is 8.39. The molecule has 1 N–H and O–H groups in total. The number of aliphatic hydroxyl groups excluding tert-OH is 1. The van der Waals surface area contributed by atoms with Crippen molar-refractivity contribution in [3.63, 3.8) is 0 Å². The maximum atomic E-state index is 11.6. The van der Waals surface area contributed by atoms with E-state index >= 15 is 0 Å². The Hall–Kier alpha value is -0.980. The van der Waals surface area contributed by atoms with Crippen molar-refractivity contribution in [1.29, 1.82) is 0 Å². The maximum absolute atomic E-state index is 11.6. The van der Waals surface area contributed by atoms with Gasteiger partial charge < -0.3 is 19.5 Å². The summed E-state index contributed by atoms with van der Waals surface area (Å²) in [5, 5.41) is 9.69. The van der Waals surface area contributed by atoms with Gasteiger partial charge in [-0.3, -0.25) is 4.90 Å². The lowest BCUT2D eigenvalue weighted by Crippen LogP contribution is -2.38. The van der Waals surface area contributed by atoms with Crippen LogP contribution in [-0.2, 0) is 9.53 Å². The number of aldehydes is 1. The molecular weight excluding hydrogens is 364 g/mol. The molecule has 1 aromatic rings. The summed E-state index contributed by atoms with van der Waals surface area (Å²) in [4.78, 5) is 16.1. The van der Waals surface area contributed by atoms with E-state index in [1.54, 1.807) is 0 Å². The van der Waals surface area contributed by atoms with E-state index < -0.39 is 0 Å². The van der Waals surface area contributed by atoms with Crippen molar-refractivity contribution in [2.24, 2.45) is 5.92 Å². The molecule has 0 aliphatic carbocycles. The van der Waals surface area contributed by atoms with Crippen LogP contribution in [0.2, 0.25) is 5.02 Å². The SMILES string of the molecule is CCN(CCO)CCCOCC1CCN(C(C=O)c2ccc(Cl)cc2)CC1. The first-order valence-corrected chi connectivity index (χ1v) is 10.4. The fourth-order valence-corrected chi connectivity index (χ4v) is 3.77. The predicted molar refractivity (Wildman–Crippen MR) is 109 cm³/mol. The third-order valence-electron chi connectivity index (χ3n) is 5.36. The Morgan fingerprint density at radius 2 is 2.00 bits per heavy atom. The number of carbonyl (C=O) groups excluding carboxylic acids is 1. The molecule has 0 bridgehead atoms. The minimum Gasteiger partial charge on any atom is -0.395 e. The van der Waals surface area contributed by atoms with Crippen LogP contribution in [0.15, 0.2) is 24.3 Å². The molecule has 0 amide bonds. The van der Waals surface area contributed by atoms with E-state index in [4.69, 9.17) is 21.4 Å². The van der Waals surface area contributed by atoms with Crippen molar-refractivity contribution in [2.45, 2.75) is 32.2 Å². The van der Waals surface area contributed by atoms with E-state index in [-0.39, 0.29) is 12.6 Å². The topological polar surface area (TPSA) is 53.0 Å². The molecule has 1 atom stereocenters. The number of hydrogen-bond donors (Lipinski definition) is 1. The van der Waals surface area contributed by atoms with Crippen LogP contribution in [0.3, 0.4) is 0 Å². The Kier molecular flexibility index (Phi) is 10.3. The Bertz CT molecular complexity index is 533. The van der Waals surface area contributed by atoms with Gasteiger partial charge in [-0.15, -0.1) is 0 Å². The Labute approximate surface area is 168 Å². The molecule has 6 heteroatoms. The second-order valence-electron chi connectivity index (χ2n) is 7.20. The number of rotatable bonds is 12. The zero-order valence-electron chi connectivity index (χ0n) is 16.4. The summed E-state index contributed by atoms with van der Waals surface area (Å²) in [6.07, 6.45) is 4.15. The second kappa shape index (κ2) is 12.5. The van der Waals surface area contributed by atoms with Crippen LogP contribution in [-0.4, -0.2) is 73.7 Å². The molecule has 0 aromatic heterocycles. The molecule has 1 heterocycles. The molecule has 1 aliphatic heterocycles. The molecule has 0 saturated carbocycles. The lowest BCUT2D eigenvalue weighted by atomic mass is 9.95. The summed E-state index contributed by atoms with van der Waals surface area (Å²) in [6, 6.07) is 7.37. The maximum Gasteiger partial charge on any atom is 0.141 e. The standard InChI is InChI=1S/C21H33ClN2O3/c1-2-23(13-14-25)10-3-15-27-17-18-8-11-24(12-9-18)21(16-26)19-4-6-20(22)7-5-19/h4-7,16,18,21,25H,2-3,8-15,17H2,1H3. The number of hydrogen-bond acceptors (Lipinski definition) is 5. The lowest BCUT2D eigenvalue weighted by molar-refractivity contribution is -0.113. The highest BCUT2D eigenvalue weighted by atomic mass is 35.5. The molecule has 2 rings (SSSR count). The van der Waals surface area contributed by atoms with Crippen LogP contribution in [0, 0.1) is 5.92 Å². The number of piperidine rings is 1. The number of benzene rings is 1. The first-order valence-electron chi connectivity index (χ1n) is 10.0. The lowest BCUT2D eigenvalue weighted by Gasteiger charge is -2.35. The van der Waals surface area contributed by atoms with Crippen molar-refractivity contribution >= 4 is 17.9 Å². The van der Waals surface area contributed by atoms with Gasteiger partial charge in [0.05, 0.1) is 12.6 Å². The number of carbonyl (C=O) groups is 1. The molecule has 0 radical (unpaired) electrons. The molecule has 152 valence electrons.